The molecule has 1 aliphatic carbocycles. The van der Waals surface area contributed by atoms with E-state index in [1.54, 1.807) is 30.3 Å². The van der Waals surface area contributed by atoms with E-state index in [1.807, 2.05) is 18.2 Å². The van der Waals surface area contributed by atoms with Crippen LogP contribution >= 0.6 is 23.4 Å². The van der Waals surface area contributed by atoms with Crippen LogP contribution in [-0.4, -0.2) is 24.0 Å². The predicted molar refractivity (Wildman–Crippen MR) is 151 cm³/mol. The largest absolute Gasteiger partial charge is 0.378 e. The molecule has 0 saturated heterocycles. The van der Waals surface area contributed by atoms with Crippen molar-refractivity contribution >= 4 is 55.5 Å². The van der Waals surface area contributed by atoms with Crippen LogP contribution in [-0.2, 0) is 10.0 Å². The van der Waals surface area contributed by atoms with E-state index in [0.29, 0.717) is 11.3 Å². The van der Waals surface area contributed by atoms with E-state index in [1.165, 1.54) is 23.9 Å². The number of hydrogen-bond acceptors (Lipinski definition) is 6. The molecule has 38 heavy (non-hydrogen) atoms. The number of halogens is 1. The lowest BCUT2D eigenvalue weighted by molar-refractivity contribution is -0.387. The zero-order chi connectivity index (χ0) is 26.6. The second-order valence-electron chi connectivity index (χ2n) is 9.74. The summed E-state index contributed by atoms with van der Waals surface area (Å²) in [5.41, 5.74) is 2.82. The molecular formula is C28H24ClN3O4S2. The Morgan fingerprint density at radius 2 is 1.71 bits per heavy atom. The third-order valence-electron chi connectivity index (χ3n) is 7.61. The quantitative estimate of drug-likeness (QED) is 0.163. The number of anilines is 1. The first-order chi connectivity index (χ1) is 18.2. The molecule has 1 heterocycles. The fraction of sp³-hybridized carbons (Fsp3) is 0.214. The Labute approximate surface area is 229 Å². The smallest absolute Gasteiger partial charge is 0.282 e. The molecule has 1 fully saturated rings. The van der Waals surface area contributed by atoms with Crippen molar-refractivity contribution < 1.29 is 13.3 Å². The third kappa shape index (κ3) is 4.33. The average Bonchev–Trinajstić information content (AvgIpc) is 3.23. The normalized spacial score (nSPS) is 24.4. The van der Waals surface area contributed by atoms with Crippen LogP contribution in [0.2, 0.25) is 0 Å². The highest BCUT2D eigenvalue weighted by molar-refractivity contribution is 8.00. The van der Waals surface area contributed by atoms with Crippen LogP contribution < -0.4 is 10.5 Å². The number of para-hydroxylation sites is 1. The molecule has 0 spiro atoms. The summed E-state index contributed by atoms with van der Waals surface area (Å²) in [5.74, 6) is -0.161. The summed E-state index contributed by atoms with van der Waals surface area (Å²) in [6.45, 7) is 0. The zero-order valence-corrected chi connectivity index (χ0v) is 22.4. The van der Waals surface area contributed by atoms with E-state index in [-0.39, 0.29) is 44.0 Å². The number of thioether (sulfide) groups is 1. The molecule has 0 aromatic heterocycles. The molecule has 7 nitrogen and oxygen atoms in total. The van der Waals surface area contributed by atoms with E-state index in [2.05, 4.69) is 29.6 Å². The lowest BCUT2D eigenvalue weighted by Crippen LogP contribution is -2.31. The number of rotatable bonds is 5. The second-order valence-corrected chi connectivity index (χ2v) is 13.1. The Hall–Kier alpha value is -3.11. The Balaban J connectivity index is 1.47. The highest BCUT2D eigenvalue weighted by Crippen LogP contribution is 2.58. The number of primary sulfonamides is 1. The fourth-order valence-electron chi connectivity index (χ4n) is 5.97. The van der Waals surface area contributed by atoms with Crippen molar-refractivity contribution in [1.29, 1.82) is 0 Å². The molecule has 1 aliphatic heterocycles. The molecule has 0 bridgehead atoms. The van der Waals surface area contributed by atoms with Gasteiger partial charge in [-0.15, -0.1) is 23.4 Å². The maximum absolute atomic E-state index is 12.2. The predicted octanol–water partition coefficient (Wildman–Crippen LogP) is 6.43. The molecule has 5 atom stereocenters. The van der Waals surface area contributed by atoms with Crippen molar-refractivity contribution in [2.45, 2.75) is 38.8 Å². The molecule has 4 aromatic carbocycles. The summed E-state index contributed by atoms with van der Waals surface area (Å²) in [6.07, 6.45) is 0.690. The first kappa shape index (κ1) is 25.2. The summed E-state index contributed by atoms with van der Waals surface area (Å²) >= 11 is 8.62. The zero-order valence-electron chi connectivity index (χ0n) is 20.0. The van der Waals surface area contributed by atoms with Gasteiger partial charge in [0.15, 0.2) is 0 Å². The van der Waals surface area contributed by atoms with Gasteiger partial charge in [-0.1, -0.05) is 54.6 Å². The topological polar surface area (TPSA) is 115 Å². The number of nitrogens with zero attached hydrogens (tertiary/aromatic N) is 1. The van der Waals surface area contributed by atoms with E-state index in [4.69, 9.17) is 16.7 Å². The number of nitro benzene ring substituents is 1. The summed E-state index contributed by atoms with van der Waals surface area (Å²) in [4.78, 5) is 11.9. The van der Waals surface area contributed by atoms with E-state index in [0.717, 1.165) is 27.6 Å². The number of nitrogens with one attached hydrogen (secondary N) is 1. The van der Waals surface area contributed by atoms with Crippen LogP contribution in [0.1, 0.15) is 29.5 Å². The molecule has 10 heteroatoms. The molecule has 0 radical (unpaired) electrons. The van der Waals surface area contributed by atoms with Gasteiger partial charge in [0.1, 0.15) is 0 Å². The number of fused-ring (bicyclic) bond motifs is 4. The Kier molecular flexibility index (Phi) is 6.34. The maximum atomic E-state index is 12.2. The van der Waals surface area contributed by atoms with Gasteiger partial charge in [0.25, 0.3) is 5.69 Å². The van der Waals surface area contributed by atoms with Gasteiger partial charge in [-0.05, 0) is 58.5 Å². The number of sulfonamides is 1. The molecule has 3 N–H and O–H groups in total. The maximum Gasteiger partial charge on any atom is 0.282 e. The molecular weight excluding hydrogens is 542 g/mol. The van der Waals surface area contributed by atoms with E-state index >= 15 is 0 Å². The monoisotopic (exact) mass is 565 g/mol. The molecule has 1 saturated carbocycles. The first-order valence-corrected chi connectivity index (χ1v) is 15.0. The molecule has 194 valence electrons. The molecule has 0 unspecified atom stereocenters. The average molecular weight is 566 g/mol. The van der Waals surface area contributed by atoms with E-state index in [9.17, 15) is 18.5 Å². The number of hydrogen-bond donors (Lipinski definition) is 2. The van der Waals surface area contributed by atoms with Crippen molar-refractivity contribution in [1.82, 2.24) is 0 Å². The lowest BCUT2D eigenvalue weighted by Gasteiger charge is -2.39. The standard InChI is InChI=1S/C28H24ClN3O4S2/c29-27-25(37-24-11-4-3-10-23(24)32(33)34)15-21-26(27)20-14-17(38(30,35)36)12-13-22(20)31-28(21)19-9-5-7-16-6-1-2-8-18(16)19/h1-14,21,25-28,31H,15H2,(H2,30,35,36)/t21-,25+,26-,27+,28+/m1/s1. The van der Waals surface area contributed by atoms with Gasteiger partial charge in [0, 0.05) is 22.9 Å². The number of nitro groups is 1. The lowest BCUT2D eigenvalue weighted by atomic mass is 9.76. The summed E-state index contributed by atoms with van der Waals surface area (Å²) in [7, 11) is -3.91. The minimum absolute atomic E-state index is 0.0202. The number of nitrogens with two attached hydrogens (primary N) is 1. The van der Waals surface area contributed by atoms with Gasteiger partial charge < -0.3 is 5.32 Å². The van der Waals surface area contributed by atoms with Crippen molar-refractivity contribution in [3.63, 3.8) is 0 Å². The van der Waals surface area contributed by atoms with Crippen molar-refractivity contribution in [2.24, 2.45) is 11.1 Å². The number of benzene rings is 4. The van der Waals surface area contributed by atoms with Crippen LogP contribution in [0.25, 0.3) is 10.8 Å². The van der Waals surface area contributed by atoms with Crippen LogP contribution in [0.15, 0.2) is 94.7 Å². The first-order valence-electron chi connectivity index (χ1n) is 12.2. The van der Waals surface area contributed by atoms with Crippen molar-refractivity contribution in [3.8, 4) is 0 Å². The Morgan fingerprint density at radius 1 is 0.974 bits per heavy atom. The summed E-state index contributed by atoms with van der Waals surface area (Å²) in [6, 6.07) is 26.0. The van der Waals surface area contributed by atoms with Gasteiger partial charge in [-0.25, -0.2) is 13.6 Å². The summed E-state index contributed by atoms with van der Waals surface area (Å²) < 4.78 is 24.4. The summed E-state index contributed by atoms with van der Waals surface area (Å²) in [5, 5.41) is 22.6. The van der Waals surface area contributed by atoms with Crippen molar-refractivity contribution in [2.75, 3.05) is 5.32 Å². The highest BCUT2D eigenvalue weighted by Gasteiger charge is 2.50. The van der Waals surface area contributed by atoms with Gasteiger partial charge in [-0.3, -0.25) is 10.1 Å². The van der Waals surface area contributed by atoms with Crippen molar-refractivity contribution in [3.05, 3.63) is 106 Å². The van der Waals surface area contributed by atoms with Gasteiger partial charge in [0.2, 0.25) is 10.0 Å². The van der Waals surface area contributed by atoms with Crippen LogP contribution in [0.4, 0.5) is 11.4 Å². The number of alkyl halides is 1. The third-order valence-corrected chi connectivity index (χ3v) is 10.6. The van der Waals surface area contributed by atoms with Gasteiger partial charge in [0.05, 0.1) is 26.1 Å². The highest BCUT2D eigenvalue weighted by atomic mass is 35.5. The fourth-order valence-corrected chi connectivity index (χ4v) is 8.46. The Morgan fingerprint density at radius 3 is 2.50 bits per heavy atom. The van der Waals surface area contributed by atoms with Crippen LogP contribution in [0.3, 0.4) is 0 Å². The molecule has 2 aliphatic rings. The van der Waals surface area contributed by atoms with Gasteiger partial charge in [-0.2, -0.15) is 0 Å². The Bertz CT molecular complexity index is 1670. The van der Waals surface area contributed by atoms with E-state index < -0.39 is 10.0 Å². The van der Waals surface area contributed by atoms with Crippen LogP contribution in [0.5, 0.6) is 0 Å². The van der Waals surface area contributed by atoms with Gasteiger partial charge >= 0.3 is 0 Å². The second kappa shape index (κ2) is 9.57. The SMILES string of the molecule is NS(=O)(=O)c1ccc2c(c1)[C@H]1[C@@H](Cl)[C@@H](Sc3ccccc3[N+](=O)[O-])C[C@H]1[C@H](c1cccc3ccccc13)N2. The van der Waals surface area contributed by atoms with Crippen LogP contribution in [0, 0.1) is 16.0 Å². The minimum atomic E-state index is -3.91. The molecule has 4 aromatic rings. The molecule has 6 rings (SSSR count). The molecule has 0 amide bonds. The minimum Gasteiger partial charge on any atom is -0.378 e.